The smallest absolute Gasteiger partial charge is 0.339 e. The molecule has 0 N–H and O–H groups in total. The van der Waals surface area contributed by atoms with Crippen molar-refractivity contribution >= 4 is 22.0 Å². The van der Waals surface area contributed by atoms with Crippen molar-refractivity contribution in [1.82, 2.24) is 4.31 Å². The van der Waals surface area contributed by atoms with E-state index >= 15 is 0 Å². The number of hydrogen-bond donors (Lipinski definition) is 0. The molecule has 1 aromatic carbocycles. The highest BCUT2D eigenvalue weighted by Gasteiger charge is 2.35. The van der Waals surface area contributed by atoms with Gasteiger partial charge in [-0.3, -0.25) is 4.79 Å². The highest BCUT2D eigenvalue weighted by Crippen LogP contribution is 2.27. The zero-order valence-electron chi connectivity index (χ0n) is 15.8. The molecule has 3 rings (SSSR count). The Kier molecular flexibility index (Phi) is 6.69. The highest BCUT2D eigenvalue weighted by atomic mass is 32.2. The first kappa shape index (κ1) is 20.8. The molecule has 0 amide bonds. The number of carbonyl (C=O) groups excluding carboxylic acids is 2. The summed E-state index contributed by atoms with van der Waals surface area (Å²) < 4.78 is 42.7. The van der Waals surface area contributed by atoms with E-state index in [9.17, 15) is 18.0 Å². The van der Waals surface area contributed by atoms with Crippen LogP contribution in [-0.2, 0) is 29.0 Å². The van der Waals surface area contributed by atoms with E-state index in [2.05, 4.69) is 4.74 Å². The van der Waals surface area contributed by atoms with Crippen LogP contribution in [0.5, 0.6) is 0 Å². The van der Waals surface area contributed by atoms with Crippen LogP contribution in [0.1, 0.15) is 36.0 Å². The molecule has 0 unspecified atom stereocenters. The van der Waals surface area contributed by atoms with E-state index in [1.807, 2.05) is 0 Å². The van der Waals surface area contributed by atoms with Gasteiger partial charge in [0.1, 0.15) is 6.61 Å². The standard InChI is InChI=1S/C19H25NO7S/c1-25-19(22)16-6-2-3-7-17(16)28(23,24)20-10-8-14(9-11-20)18(21)27-13-15-5-4-12-26-15/h2-3,6-7,14-15H,4-5,8-13H2,1H3/t15-/m0/s1. The Bertz CT molecular complexity index is 809. The van der Waals surface area contributed by atoms with Crippen molar-refractivity contribution in [3.05, 3.63) is 29.8 Å². The minimum Gasteiger partial charge on any atom is -0.465 e. The zero-order chi connectivity index (χ0) is 20.1. The lowest BCUT2D eigenvalue weighted by Crippen LogP contribution is -2.41. The molecular formula is C19H25NO7S. The second kappa shape index (κ2) is 9.02. The summed E-state index contributed by atoms with van der Waals surface area (Å²) in [6.07, 6.45) is 2.60. The molecule has 1 aromatic rings. The monoisotopic (exact) mass is 411 g/mol. The van der Waals surface area contributed by atoms with Crippen LogP contribution in [0.25, 0.3) is 0 Å². The van der Waals surface area contributed by atoms with Gasteiger partial charge < -0.3 is 14.2 Å². The number of methoxy groups -OCH3 is 1. The second-order valence-corrected chi connectivity index (χ2v) is 8.84. The molecule has 8 nitrogen and oxygen atoms in total. The summed E-state index contributed by atoms with van der Waals surface area (Å²) in [4.78, 5) is 24.1. The van der Waals surface area contributed by atoms with E-state index < -0.39 is 16.0 Å². The highest BCUT2D eigenvalue weighted by molar-refractivity contribution is 7.89. The van der Waals surface area contributed by atoms with Gasteiger partial charge in [0.15, 0.2) is 0 Å². The van der Waals surface area contributed by atoms with Crippen LogP contribution in [0.2, 0.25) is 0 Å². The normalized spacial score (nSPS) is 21.4. The third kappa shape index (κ3) is 4.53. The van der Waals surface area contributed by atoms with Crippen LogP contribution in [0.15, 0.2) is 29.2 Å². The van der Waals surface area contributed by atoms with Gasteiger partial charge in [-0.25, -0.2) is 13.2 Å². The summed E-state index contributed by atoms with van der Waals surface area (Å²) in [6.45, 7) is 1.34. The van der Waals surface area contributed by atoms with Crippen LogP contribution < -0.4 is 0 Å². The maximum absolute atomic E-state index is 13.0. The number of hydrogen-bond acceptors (Lipinski definition) is 7. The van der Waals surface area contributed by atoms with Crippen LogP contribution in [0.4, 0.5) is 0 Å². The van der Waals surface area contributed by atoms with Gasteiger partial charge in [-0.15, -0.1) is 0 Å². The minimum atomic E-state index is -3.86. The third-order valence-electron chi connectivity index (χ3n) is 5.13. The summed E-state index contributed by atoms with van der Waals surface area (Å²) in [5.41, 5.74) is 0.00287. The van der Waals surface area contributed by atoms with Gasteiger partial charge in [-0.1, -0.05) is 12.1 Å². The van der Waals surface area contributed by atoms with E-state index in [4.69, 9.17) is 9.47 Å². The average Bonchev–Trinajstić information content (AvgIpc) is 3.25. The van der Waals surface area contributed by atoms with Gasteiger partial charge in [0.2, 0.25) is 10.0 Å². The second-order valence-electron chi connectivity index (χ2n) is 6.93. The van der Waals surface area contributed by atoms with E-state index in [1.165, 1.54) is 23.5 Å². The first-order chi connectivity index (χ1) is 13.4. The van der Waals surface area contributed by atoms with Gasteiger partial charge in [-0.2, -0.15) is 4.31 Å². The minimum absolute atomic E-state index is 0.00287. The average molecular weight is 411 g/mol. The molecule has 2 saturated heterocycles. The number of nitrogens with zero attached hydrogens (tertiary/aromatic N) is 1. The first-order valence-corrected chi connectivity index (χ1v) is 10.8. The van der Waals surface area contributed by atoms with Crippen molar-refractivity contribution in [3.63, 3.8) is 0 Å². The Morgan fingerprint density at radius 3 is 2.54 bits per heavy atom. The van der Waals surface area contributed by atoms with E-state index in [0.717, 1.165) is 12.8 Å². The SMILES string of the molecule is COC(=O)c1ccccc1S(=O)(=O)N1CCC(C(=O)OC[C@@H]2CCCO2)CC1. The fraction of sp³-hybridized carbons (Fsp3) is 0.579. The summed E-state index contributed by atoms with van der Waals surface area (Å²) >= 11 is 0. The van der Waals surface area contributed by atoms with Gasteiger partial charge in [0.25, 0.3) is 0 Å². The van der Waals surface area contributed by atoms with Crippen molar-refractivity contribution in [2.75, 3.05) is 33.4 Å². The van der Waals surface area contributed by atoms with Gasteiger partial charge >= 0.3 is 11.9 Å². The van der Waals surface area contributed by atoms with Crippen molar-refractivity contribution in [1.29, 1.82) is 0 Å². The predicted molar refractivity (Wildman–Crippen MR) is 99.2 cm³/mol. The van der Waals surface area contributed by atoms with Gasteiger partial charge in [-0.05, 0) is 37.8 Å². The lowest BCUT2D eigenvalue weighted by Gasteiger charge is -2.30. The molecule has 1 atom stereocenters. The summed E-state index contributed by atoms with van der Waals surface area (Å²) in [6, 6.07) is 5.97. The van der Waals surface area contributed by atoms with Crippen LogP contribution in [-0.4, -0.2) is 64.2 Å². The Hall–Kier alpha value is -1.97. The molecule has 2 fully saturated rings. The molecule has 2 aliphatic rings. The van der Waals surface area contributed by atoms with Crippen molar-refractivity contribution in [3.8, 4) is 0 Å². The molecule has 0 saturated carbocycles. The van der Waals surface area contributed by atoms with Crippen LogP contribution >= 0.6 is 0 Å². The summed E-state index contributed by atoms with van der Waals surface area (Å²) in [7, 11) is -2.65. The number of sulfonamides is 1. The van der Waals surface area contributed by atoms with Crippen LogP contribution in [0, 0.1) is 5.92 Å². The number of esters is 2. The Morgan fingerprint density at radius 2 is 1.89 bits per heavy atom. The van der Waals surface area contributed by atoms with Crippen molar-refractivity contribution < 1.29 is 32.2 Å². The number of ether oxygens (including phenoxy) is 3. The maximum Gasteiger partial charge on any atom is 0.339 e. The molecule has 9 heteroatoms. The Balaban J connectivity index is 1.61. The van der Waals surface area contributed by atoms with Gasteiger partial charge in [0, 0.05) is 19.7 Å². The Labute approximate surface area is 164 Å². The predicted octanol–water partition coefficient (Wildman–Crippen LogP) is 1.60. The molecule has 0 bridgehead atoms. The quantitative estimate of drug-likeness (QED) is 0.656. The largest absolute Gasteiger partial charge is 0.465 e. The summed E-state index contributed by atoms with van der Waals surface area (Å²) in [5, 5.41) is 0. The van der Waals surface area contributed by atoms with E-state index in [0.29, 0.717) is 19.4 Å². The first-order valence-electron chi connectivity index (χ1n) is 9.39. The molecule has 154 valence electrons. The maximum atomic E-state index is 13.0. The molecule has 2 heterocycles. The number of piperidine rings is 1. The lowest BCUT2D eigenvalue weighted by molar-refractivity contribution is -0.153. The zero-order valence-corrected chi connectivity index (χ0v) is 16.7. The molecule has 0 spiro atoms. The number of benzene rings is 1. The fourth-order valence-electron chi connectivity index (χ4n) is 3.51. The molecule has 28 heavy (non-hydrogen) atoms. The van der Waals surface area contributed by atoms with Crippen molar-refractivity contribution in [2.45, 2.75) is 36.7 Å². The third-order valence-corrected chi connectivity index (χ3v) is 7.09. The van der Waals surface area contributed by atoms with E-state index in [1.54, 1.807) is 12.1 Å². The van der Waals surface area contributed by atoms with E-state index in [-0.39, 0.29) is 48.1 Å². The molecule has 0 aromatic heterocycles. The molecule has 0 radical (unpaired) electrons. The van der Waals surface area contributed by atoms with Gasteiger partial charge in [0.05, 0.1) is 29.6 Å². The topological polar surface area (TPSA) is 99.2 Å². The summed E-state index contributed by atoms with van der Waals surface area (Å²) in [5.74, 6) is -1.34. The molecule has 0 aliphatic carbocycles. The van der Waals surface area contributed by atoms with Crippen molar-refractivity contribution in [2.24, 2.45) is 5.92 Å². The van der Waals surface area contributed by atoms with Crippen LogP contribution in [0.3, 0.4) is 0 Å². The number of carbonyl (C=O) groups is 2. The molecular weight excluding hydrogens is 386 g/mol. The fourth-order valence-corrected chi connectivity index (χ4v) is 5.16. The molecule has 2 aliphatic heterocycles. The number of rotatable bonds is 6. The Morgan fingerprint density at radius 1 is 1.18 bits per heavy atom. The lowest BCUT2D eigenvalue weighted by atomic mass is 9.98.